The second-order valence-electron chi connectivity index (χ2n) is 6.49. The molecule has 1 saturated heterocycles. The number of hydrogen-bond donors (Lipinski definition) is 1. The van der Waals surface area contributed by atoms with Crippen LogP contribution >= 0.6 is 11.6 Å². The first-order valence-electron chi connectivity index (χ1n) is 9.01. The van der Waals surface area contributed by atoms with Gasteiger partial charge in [0, 0.05) is 24.4 Å². The molecule has 0 aromatic heterocycles. The average Bonchev–Trinajstić information content (AvgIpc) is 3.20. The number of ether oxygens (including phenoxy) is 2. The number of benzene rings is 2. The molecule has 142 valence electrons. The number of nitrogens with one attached hydrogen (secondary N) is 1. The van der Waals surface area contributed by atoms with E-state index in [9.17, 15) is 4.79 Å². The lowest BCUT2D eigenvalue weighted by Crippen LogP contribution is -2.35. The van der Waals surface area contributed by atoms with Crippen LogP contribution in [0.5, 0.6) is 5.75 Å². The number of hydrogen-bond acceptors (Lipinski definition) is 4. The minimum Gasteiger partial charge on any atom is -0.484 e. The Kier molecular flexibility index (Phi) is 6.85. The lowest BCUT2D eigenvalue weighted by atomic mass is 10.2. The van der Waals surface area contributed by atoms with Crippen LogP contribution < -0.4 is 10.1 Å². The van der Waals surface area contributed by atoms with E-state index in [1.54, 1.807) is 6.21 Å². The maximum Gasteiger partial charge on any atom is 0.258 e. The van der Waals surface area contributed by atoms with Crippen LogP contribution in [-0.2, 0) is 9.53 Å². The lowest BCUT2D eigenvalue weighted by Gasteiger charge is -2.11. The molecule has 0 aliphatic carbocycles. The normalized spacial score (nSPS) is 16.6. The van der Waals surface area contributed by atoms with Crippen molar-refractivity contribution in [3.8, 4) is 5.75 Å². The van der Waals surface area contributed by atoms with Crippen LogP contribution in [-0.4, -0.2) is 38.0 Å². The molecule has 1 amide bonds. The highest BCUT2D eigenvalue weighted by Gasteiger charge is 2.16. The van der Waals surface area contributed by atoms with Crippen molar-refractivity contribution >= 4 is 29.4 Å². The van der Waals surface area contributed by atoms with E-state index in [-0.39, 0.29) is 18.6 Å². The van der Waals surface area contributed by atoms with E-state index in [4.69, 9.17) is 21.1 Å². The van der Waals surface area contributed by atoms with E-state index in [1.165, 1.54) is 0 Å². The largest absolute Gasteiger partial charge is 0.484 e. The molecule has 0 saturated carbocycles. The first kappa shape index (κ1) is 19.4. The van der Waals surface area contributed by atoms with Crippen molar-refractivity contribution in [1.29, 1.82) is 0 Å². The molecule has 1 atom stereocenters. The Bertz CT molecular complexity index is 800. The number of aryl methyl sites for hydroxylation is 1. The van der Waals surface area contributed by atoms with E-state index in [2.05, 4.69) is 10.3 Å². The summed E-state index contributed by atoms with van der Waals surface area (Å²) in [6.45, 7) is 3.27. The highest BCUT2D eigenvalue weighted by molar-refractivity contribution is 6.31. The molecular weight excluding hydrogens is 364 g/mol. The van der Waals surface area contributed by atoms with Gasteiger partial charge in [0.25, 0.3) is 5.91 Å². The molecule has 0 bridgehead atoms. The Morgan fingerprint density at radius 3 is 2.85 bits per heavy atom. The summed E-state index contributed by atoms with van der Waals surface area (Å²) in [5, 5.41) is 3.53. The third-order valence-electron chi connectivity index (χ3n) is 4.32. The summed E-state index contributed by atoms with van der Waals surface area (Å²) in [6.07, 6.45) is 3.96. The molecule has 1 fully saturated rings. The van der Waals surface area contributed by atoms with Gasteiger partial charge in [0.05, 0.1) is 11.8 Å². The standard InChI is InChI=1S/C21H23ClN2O3/c1-15-4-7-17(11-20(15)22)23-12-16-5-8-18(9-6-16)27-14-21(25)24-13-19-3-2-10-26-19/h4-9,11-12,19H,2-3,10,13-14H2,1H3,(H,24,25)/t19-/m1/s1. The lowest BCUT2D eigenvalue weighted by molar-refractivity contribution is -0.123. The van der Waals surface area contributed by atoms with Crippen molar-refractivity contribution in [2.24, 2.45) is 4.99 Å². The molecule has 0 radical (unpaired) electrons. The van der Waals surface area contributed by atoms with Crippen LogP contribution in [0.15, 0.2) is 47.5 Å². The third-order valence-corrected chi connectivity index (χ3v) is 4.73. The molecule has 2 aromatic rings. The van der Waals surface area contributed by atoms with Gasteiger partial charge in [-0.05, 0) is 67.3 Å². The summed E-state index contributed by atoms with van der Waals surface area (Å²) in [4.78, 5) is 16.2. The quantitative estimate of drug-likeness (QED) is 0.729. The summed E-state index contributed by atoms with van der Waals surface area (Å²) >= 11 is 6.11. The Morgan fingerprint density at radius 2 is 2.15 bits per heavy atom. The Morgan fingerprint density at radius 1 is 1.33 bits per heavy atom. The average molecular weight is 387 g/mol. The van der Waals surface area contributed by atoms with Crippen LogP contribution in [0, 0.1) is 6.92 Å². The van der Waals surface area contributed by atoms with Gasteiger partial charge in [-0.2, -0.15) is 0 Å². The van der Waals surface area contributed by atoms with Crippen molar-refractivity contribution in [3.05, 3.63) is 58.6 Å². The van der Waals surface area contributed by atoms with Gasteiger partial charge < -0.3 is 14.8 Å². The second-order valence-corrected chi connectivity index (χ2v) is 6.90. The number of aliphatic imine (C=N–C) groups is 1. The Balaban J connectivity index is 1.45. The fourth-order valence-corrected chi connectivity index (χ4v) is 2.87. The predicted octanol–water partition coefficient (Wildman–Crippen LogP) is 4.07. The molecule has 1 N–H and O–H groups in total. The summed E-state index contributed by atoms with van der Waals surface area (Å²) in [7, 11) is 0. The monoisotopic (exact) mass is 386 g/mol. The van der Waals surface area contributed by atoms with E-state index in [1.807, 2.05) is 49.4 Å². The molecule has 6 heteroatoms. The fourth-order valence-electron chi connectivity index (χ4n) is 2.69. The smallest absolute Gasteiger partial charge is 0.258 e. The van der Waals surface area contributed by atoms with Gasteiger partial charge in [-0.15, -0.1) is 0 Å². The van der Waals surface area contributed by atoms with Crippen LogP contribution in [0.1, 0.15) is 24.0 Å². The number of carbonyl (C=O) groups is 1. The molecule has 2 aromatic carbocycles. The molecule has 1 aliphatic rings. The Hall–Kier alpha value is -2.37. The first-order valence-corrected chi connectivity index (χ1v) is 9.39. The minimum atomic E-state index is -0.146. The SMILES string of the molecule is Cc1ccc(N=Cc2ccc(OCC(=O)NC[C@H]3CCCO3)cc2)cc1Cl. The molecule has 5 nitrogen and oxygen atoms in total. The van der Waals surface area contributed by atoms with Crippen LogP contribution in [0.25, 0.3) is 0 Å². The number of rotatable bonds is 7. The van der Waals surface area contributed by atoms with Crippen LogP contribution in [0.3, 0.4) is 0 Å². The summed E-state index contributed by atoms with van der Waals surface area (Å²) < 4.78 is 11.0. The van der Waals surface area contributed by atoms with E-state index in [0.717, 1.165) is 36.3 Å². The highest BCUT2D eigenvalue weighted by atomic mass is 35.5. The number of halogens is 1. The number of nitrogens with zero attached hydrogens (tertiary/aromatic N) is 1. The first-order chi connectivity index (χ1) is 13.1. The molecular formula is C21H23ClN2O3. The number of carbonyl (C=O) groups excluding carboxylic acids is 1. The zero-order valence-corrected chi connectivity index (χ0v) is 16.0. The number of amides is 1. The maximum absolute atomic E-state index is 11.8. The van der Waals surface area contributed by atoms with E-state index in [0.29, 0.717) is 17.3 Å². The topological polar surface area (TPSA) is 59.9 Å². The zero-order valence-electron chi connectivity index (χ0n) is 15.3. The van der Waals surface area contributed by atoms with Gasteiger partial charge >= 0.3 is 0 Å². The molecule has 0 spiro atoms. The molecule has 3 rings (SSSR count). The summed E-state index contributed by atoms with van der Waals surface area (Å²) in [5.74, 6) is 0.491. The minimum absolute atomic E-state index is 0.0119. The van der Waals surface area contributed by atoms with Gasteiger partial charge in [0.15, 0.2) is 6.61 Å². The molecule has 1 aliphatic heterocycles. The van der Waals surface area contributed by atoms with Crippen molar-refractivity contribution in [3.63, 3.8) is 0 Å². The zero-order chi connectivity index (χ0) is 19.1. The summed E-state index contributed by atoms with van der Waals surface area (Å²) in [6, 6.07) is 13.1. The van der Waals surface area contributed by atoms with Gasteiger partial charge in [-0.3, -0.25) is 9.79 Å². The highest BCUT2D eigenvalue weighted by Crippen LogP contribution is 2.22. The Labute approximate surface area is 164 Å². The molecule has 0 unspecified atom stereocenters. The van der Waals surface area contributed by atoms with Crippen LogP contribution in [0.4, 0.5) is 5.69 Å². The van der Waals surface area contributed by atoms with Gasteiger partial charge in [-0.25, -0.2) is 0 Å². The predicted molar refractivity (Wildman–Crippen MR) is 107 cm³/mol. The van der Waals surface area contributed by atoms with Crippen molar-refractivity contribution < 1.29 is 14.3 Å². The van der Waals surface area contributed by atoms with Crippen molar-refractivity contribution in [1.82, 2.24) is 5.32 Å². The second kappa shape index (κ2) is 9.53. The third kappa shape index (κ3) is 6.08. The van der Waals surface area contributed by atoms with Crippen LogP contribution in [0.2, 0.25) is 5.02 Å². The van der Waals surface area contributed by atoms with Crippen molar-refractivity contribution in [2.45, 2.75) is 25.9 Å². The van der Waals surface area contributed by atoms with E-state index < -0.39 is 0 Å². The summed E-state index contributed by atoms with van der Waals surface area (Å²) in [5.41, 5.74) is 2.76. The fraction of sp³-hybridized carbons (Fsp3) is 0.333. The van der Waals surface area contributed by atoms with Crippen molar-refractivity contribution in [2.75, 3.05) is 19.8 Å². The van der Waals surface area contributed by atoms with Gasteiger partial charge in [0.2, 0.25) is 0 Å². The van der Waals surface area contributed by atoms with Gasteiger partial charge in [0.1, 0.15) is 5.75 Å². The van der Waals surface area contributed by atoms with Gasteiger partial charge in [-0.1, -0.05) is 17.7 Å². The maximum atomic E-state index is 11.8. The molecule has 27 heavy (non-hydrogen) atoms. The molecule has 1 heterocycles. The van der Waals surface area contributed by atoms with E-state index >= 15 is 0 Å².